The molecule has 19 atom stereocenters. The number of ether oxygens (including phenoxy) is 9. The Morgan fingerprint density at radius 3 is 2.15 bits per heavy atom. The van der Waals surface area contributed by atoms with Crippen LogP contribution in [0.1, 0.15) is 167 Å². The standard InChI is InChI=1S/C93H130F2N12O23/c1-8-18-79-129-74-48-62-63-47-65(94)64-46-58(109)32-34-90(64,5)92(63,95)72(111)49-91(62,6)93(74,130-79)73(112)52-126-59-28-26-57(27-29-59)100-87(120)55(4)45-69(110)80(54(2)3)102-88(121)66(22-16-17-35-98-77(115)53-127-70-25-11-9-10-24-68-83(70)104-105-107(68)89-86(119)85(118)84(117)71(51-108)128-89)101-76(114)33-37-122-39-41-124-43-44-125-42-40-123-38-36-99-75(113)30-31-78(116)106-50-56-19-12-13-20-60(56)81(97-7)82(103-96)61-21-14-15-23-67(61)106/h12-15,19-21,23,26-29,32,34,46,54-55,62-63,65-66,70-72,74,79-80,84-86,89,97,103-105,108,111,117-119H,8-11,16-18,22,24-25,30-31,33,35-45,47-53,96H2,1-7H3,(H,98,115)(H,99,113)(H,100,120)(H,101,114)(H,102,121)/b82-81-/t55-,62+,63+,65+,66-,70?,71-,72+,74-,79?,80+,84+,85+,86-,89-,90+,91+,92+,93-/m1/s1. The van der Waals surface area contributed by atoms with Gasteiger partial charge in [0.25, 0.3) is 0 Å². The number of hydrogen-bond acceptors (Lipinski definition) is 29. The average molecular weight is 1820 g/mol. The van der Waals surface area contributed by atoms with E-state index in [1.165, 1.54) is 36.2 Å². The number of alkyl halides is 2. The maximum absolute atomic E-state index is 18.1. The molecule has 714 valence electrons. The highest BCUT2D eigenvalue weighted by atomic mass is 19.1. The van der Waals surface area contributed by atoms with Crippen molar-refractivity contribution in [2.75, 3.05) is 103 Å². The lowest BCUT2D eigenvalue weighted by Gasteiger charge is -2.63. The van der Waals surface area contributed by atoms with Gasteiger partial charge >= 0.3 is 0 Å². The van der Waals surface area contributed by atoms with Crippen molar-refractivity contribution in [1.29, 1.82) is 0 Å². The number of anilines is 2. The van der Waals surface area contributed by atoms with Crippen molar-refractivity contribution in [2.24, 2.45) is 40.3 Å². The zero-order valence-electron chi connectivity index (χ0n) is 75.1. The molecule has 3 aromatic carbocycles. The molecule has 0 aromatic heterocycles. The van der Waals surface area contributed by atoms with Crippen LogP contribution in [0.2, 0.25) is 0 Å². The molecular weight excluding hydrogens is 1690 g/mol. The van der Waals surface area contributed by atoms with Crippen LogP contribution in [-0.2, 0) is 87.6 Å². The minimum absolute atomic E-state index is 0.0117. The van der Waals surface area contributed by atoms with Gasteiger partial charge < -0.3 is 116 Å². The van der Waals surface area contributed by atoms with Gasteiger partial charge in [0.2, 0.25) is 41.2 Å². The zero-order valence-corrected chi connectivity index (χ0v) is 75.1. The lowest BCUT2D eigenvalue weighted by molar-refractivity contribution is -0.266. The number of unbranched alkanes of at least 4 members (excludes halogenated alkanes) is 1. The van der Waals surface area contributed by atoms with E-state index < -0.39 is 173 Å². The van der Waals surface area contributed by atoms with Gasteiger partial charge in [-0.2, -0.15) is 0 Å². The zero-order chi connectivity index (χ0) is 93.2. The minimum atomic E-state index is -2.38. The first-order chi connectivity index (χ1) is 62.4. The molecule has 4 heterocycles. The highest BCUT2D eigenvalue weighted by molar-refractivity contribution is 6.03. The van der Waals surface area contributed by atoms with Gasteiger partial charge in [-0.15, -0.1) is 5.53 Å². The van der Waals surface area contributed by atoms with Gasteiger partial charge in [-0.1, -0.05) is 102 Å². The van der Waals surface area contributed by atoms with Crippen molar-refractivity contribution >= 4 is 75.6 Å². The summed E-state index contributed by atoms with van der Waals surface area (Å²) in [6.45, 7) is 11.0. The Balaban J connectivity index is 0.582. The van der Waals surface area contributed by atoms with Gasteiger partial charge in [0.15, 0.2) is 35.4 Å². The van der Waals surface area contributed by atoms with Crippen LogP contribution in [0.15, 0.2) is 108 Å². The molecule has 37 heteroatoms. The molecule has 9 aliphatic rings. The summed E-state index contributed by atoms with van der Waals surface area (Å²) >= 11 is 0. The molecule has 0 bridgehead atoms. The summed E-state index contributed by atoms with van der Waals surface area (Å²) in [6, 6.07) is 19.1. The number of nitrogens with one attached hydrogen (secondary N) is 9. The first-order valence-corrected chi connectivity index (χ1v) is 45.6. The van der Waals surface area contributed by atoms with Gasteiger partial charge in [0.05, 0.1) is 113 Å². The second kappa shape index (κ2) is 45.4. The number of allylic oxidation sites excluding steroid dienone is 5. The molecule has 12 rings (SSSR count). The van der Waals surface area contributed by atoms with E-state index in [0.29, 0.717) is 67.0 Å². The number of aliphatic hydroxyl groups is 5. The van der Waals surface area contributed by atoms with Crippen LogP contribution in [0.4, 0.5) is 20.2 Å². The van der Waals surface area contributed by atoms with Gasteiger partial charge in [-0.25, -0.2) is 8.78 Å². The smallest absolute Gasteiger partial charge is 0.246 e. The molecule has 35 nitrogen and oxygen atoms in total. The number of carbonyl (C=O) groups is 9. The second-order valence-electron chi connectivity index (χ2n) is 35.7. The Morgan fingerprint density at radius 2 is 1.44 bits per heavy atom. The van der Waals surface area contributed by atoms with E-state index in [1.807, 2.05) is 62.5 Å². The molecule has 3 aromatic rings. The van der Waals surface area contributed by atoms with Crippen LogP contribution >= 0.6 is 0 Å². The Kier molecular flexibility index (Phi) is 34.8. The fourth-order valence-corrected chi connectivity index (χ4v) is 20.0. The largest absolute Gasteiger partial charge is 0.486 e. The summed E-state index contributed by atoms with van der Waals surface area (Å²) in [5, 5.41) is 72.8. The van der Waals surface area contributed by atoms with E-state index in [2.05, 4.69) is 48.3 Å². The van der Waals surface area contributed by atoms with Gasteiger partial charge in [0.1, 0.15) is 61.7 Å². The van der Waals surface area contributed by atoms with E-state index in [0.717, 1.165) is 47.7 Å². The first-order valence-electron chi connectivity index (χ1n) is 45.6. The third kappa shape index (κ3) is 22.3. The molecule has 5 aliphatic carbocycles. The molecule has 16 N–H and O–H groups in total. The number of rotatable bonds is 45. The second-order valence-corrected chi connectivity index (χ2v) is 35.7. The average Bonchev–Trinajstić information content (AvgIpc) is 1.50. The molecule has 2 saturated heterocycles. The van der Waals surface area contributed by atoms with E-state index in [1.54, 1.807) is 44.7 Å². The SMILES string of the molecule is CCCC1O[C@@H]2C[C@H]3[C@@H]4C[C@H](F)C5=CC(=O)C=C[C@]5(C)[C@@]4(F)[C@@H](O)C[C@]3(C)[C@]2(C(=O)COc2ccc(NC(=O)[C@H](C)CC(=O)[C@@H](NC(=O)[C@@H](CCCCNC(=O)COC3CCCCCC4=C3NNN4[C@@H]3O[C@H](CO)[C@H](O)[C@H](O)[C@H]3O)NC(=O)CCOCCOCCOCCOCCNC(=O)CCC(=O)N3Cc4ccccc4/C(NC)=C(/NN)c4ccccc43)C(C)C)cc2)O1. The van der Waals surface area contributed by atoms with E-state index >= 15 is 8.78 Å². The number of aliphatic hydroxyl groups excluding tert-OH is 5. The number of halogens is 2. The number of hydrogen-bond donors (Lipinski definition) is 15. The Bertz CT molecular complexity index is 4600. The van der Waals surface area contributed by atoms with Gasteiger partial charge in [-0.05, 0) is 137 Å². The molecule has 3 saturated carbocycles. The Morgan fingerprint density at radius 1 is 0.738 bits per heavy atom. The van der Waals surface area contributed by atoms with Crippen LogP contribution < -0.4 is 63.8 Å². The highest BCUT2D eigenvalue weighted by Gasteiger charge is 2.80. The first kappa shape index (κ1) is 99.7. The van der Waals surface area contributed by atoms with Crippen LogP contribution in [0.3, 0.4) is 0 Å². The van der Waals surface area contributed by atoms with Crippen LogP contribution in [0, 0.1) is 34.5 Å². The van der Waals surface area contributed by atoms with E-state index in [-0.39, 0.29) is 154 Å². The van der Waals surface area contributed by atoms with Gasteiger partial charge in [0, 0.05) is 85.3 Å². The van der Waals surface area contributed by atoms with Crippen molar-refractivity contribution in [3.05, 3.63) is 125 Å². The predicted octanol–water partition coefficient (Wildman–Crippen LogP) is 4.38. The quantitative estimate of drug-likeness (QED) is 0.0212. The number of fused-ring (bicyclic) bond motifs is 9. The Labute approximate surface area is 756 Å². The molecule has 5 fully saturated rings. The molecule has 130 heavy (non-hydrogen) atoms. The summed E-state index contributed by atoms with van der Waals surface area (Å²) in [7, 11) is 1.81. The molecule has 0 radical (unpaired) electrons. The van der Waals surface area contributed by atoms with Crippen molar-refractivity contribution in [2.45, 2.75) is 242 Å². The van der Waals surface area contributed by atoms with E-state index in [9.17, 15) is 68.7 Å². The fraction of sp³-hybridized carbons (Fsp3) is 0.624. The molecule has 6 amide bonds. The van der Waals surface area contributed by atoms with Crippen molar-refractivity contribution in [1.82, 2.24) is 48.0 Å². The number of carbonyl (C=O) groups excluding carboxylic acids is 9. The lowest BCUT2D eigenvalue weighted by Crippen LogP contribution is -2.71. The minimum Gasteiger partial charge on any atom is -0.486 e. The predicted molar refractivity (Wildman–Crippen MR) is 470 cm³/mol. The lowest BCUT2D eigenvalue weighted by atomic mass is 9.44. The number of nitrogens with zero attached hydrogens (tertiary/aromatic N) is 2. The van der Waals surface area contributed by atoms with Gasteiger partial charge in [-0.3, -0.25) is 54.0 Å². The summed E-state index contributed by atoms with van der Waals surface area (Å²) in [5.74, 6) is -0.929. The number of hydrazine groups is 3. The number of amides is 6. The van der Waals surface area contributed by atoms with Crippen molar-refractivity contribution in [3.8, 4) is 5.75 Å². The topological polar surface area (TPSA) is 479 Å². The Hall–Kier alpha value is -9.29. The van der Waals surface area contributed by atoms with Crippen LogP contribution in [0.5, 0.6) is 5.75 Å². The normalized spacial score (nSPS) is 29.1. The number of para-hydroxylation sites is 1. The summed E-state index contributed by atoms with van der Waals surface area (Å²) in [4.78, 5) is 125. The highest BCUT2D eigenvalue weighted by Crippen LogP contribution is 2.72. The summed E-state index contributed by atoms with van der Waals surface area (Å²) < 4.78 is 88.4. The van der Waals surface area contributed by atoms with Crippen LogP contribution in [0.25, 0.3) is 11.4 Å². The molecular formula is C93H130F2N12O23. The number of ketones is 3. The summed E-state index contributed by atoms with van der Waals surface area (Å²) in [5.41, 5.74) is 8.09. The van der Waals surface area contributed by atoms with E-state index in [4.69, 9.17) is 48.5 Å². The fourth-order valence-electron chi connectivity index (χ4n) is 20.0. The number of nitrogens with two attached hydrogens (primary N) is 1. The third-order valence-corrected chi connectivity index (χ3v) is 26.9. The van der Waals surface area contributed by atoms with Crippen LogP contribution in [-0.4, -0.2) is 261 Å². The number of Topliss-reactive ketones (excluding diaryl/α,β-unsaturated/α-hetero) is 2. The maximum Gasteiger partial charge on any atom is 0.246 e. The van der Waals surface area contributed by atoms with Crippen molar-refractivity contribution < 1.29 is 120 Å². The molecule has 0 spiro atoms. The monoisotopic (exact) mass is 1820 g/mol. The third-order valence-electron chi connectivity index (χ3n) is 26.9. The maximum atomic E-state index is 18.1. The number of benzene rings is 3. The molecule has 2 unspecified atom stereocenters. The van der Waals surface area contributed by atoms with Crippen molar-refractivity contribution in [3.63, 3.8) is 0 Å². The molecule has 4 aliphatic heterocycles. The summed E-state index contributed by atoms with van der Waals surface area (Å²) in [6.07, 6.45) is -4.54.